The maximum Gasteiger partial charge on any atom is 0.336 e. The van der Waals surface area contributed by atoms with Gasteiger partial charge in [0.2, 0.25) is 10.0 Å². The number of carbonyl (C=O) groups excluding carboxylic acids is 1. The number of carbonyl (C=O) groups is 2. The van der Waals surface area contributed by atoms with Crippen LogP contribution in [0.3, 0.4) is 0 Å². The molecule has 8 nitrogen and oxygen atoms in total. The molecule has 0 aromatic carbocycles. The molecule has 10 heteroatoms. The Morgan fingerprint density at radius 1 is 1.45 bits per heavy atom. The lowest BCUT2D eigenvalue weighted by atomic mass is 10.3. The van der Waals surface area contributed by atoms with Gasteiger partial charge in [-0.3, -0.25) is 4.79 Å². The molecule has 1 aromatic heterocycles. The summed E-state index contributed by atoms with van der Waals surface area (Å²) in [4.78, 5) is 21.8. The van der Waals surface area contributed by atoms with E-state index in [1.165, 1.54) is 12.1 Å². The number of esters is 1. The first-order chi connectivity index (χ1) is 9.26. The smallest absolute Gasteiger partial charge is 0.336 e. The van der Waals surface area contributed by atoms with Crippen molar-refractivity contribution < 1.29 is 33.0 Å². The van der Waals surface area contributed by atoms with E-state index < -0.39 is 34.6 Å². The van der Waals surface area contributed by atoms with Crippen LogP contribution >= 0.6 is 11.3 Å². The topological polar surface area (TPSA) is 130 Å². The Labute approximate surface area is 119 Å². The summed E-state index contributed by atoms with van der Waals surface area (Å²) in [6.45, 7) is -0.527. The van der Waals surface area contributed by atoms with E-state index in [1.54, 1.807) is 0 Å². The number of hydrogen-bond acceptors (Lipinski definition) is 7. The van der Waals surface area contributed by atoms with Crippen LogP contribution in [-0.4, -0.2) is 50.3 Å². The lowest BCUT2D eigenvalue weighted by molar-refractivity contribution is -0.149. The predicted octanol–water partition coefficient (Wildman–Crippen LogP) is -0.813. The molecule has 0 bridgehead atoms. The Kier molecular flexibility index (Phi) is 5.62. The van der Waals surface area contributed by atoms with Gasteiger partial charge in [-0.2, -0.15) is 0 Å². The van der Waals surface area contributed by atoms with Crippen molar-refractivity contribution in [1.29, 1.82) is 0 Å². The third kappa shape index (κ3) is 4.56. The maximum absolute atomic E-state index is 11.8. The van der Waals surface area contributed by atoms with Gasteiger partial charge >= 0.3 is 11.9 Å². The van der Waals surface area contributed by atoms with Crippen molar-refractivity contribution in [2.24, 2.45) is 0 Å². The fourth-order valence-corrected chi connectivity index (χ4v) is 3.66. The molecule has 0 aliphatic heterocycles. The number of aliphatic hydroxyl groups excluding tert-OH is 1. The fraction of sp³-hybridized carbons (Fsp3) is 0.400. The molecule has 1 rings (SSSR count). The van der Waals surface area contributed by atoms with Crippen molar-refractivity contribution in [3.63, 3.8) is 0 Å². The molecular formula is C10H13NO7S2. The van der Waals surface area contributed by atoms with E-state index in [0.717, 1.165) is 18.4 Å². The van der Waals surface area contributed by atoms with Gasteiger partial charge in [0.25, 0.3) is 0 Å². The van der Waals surface area contributed by atoms with Crippen LogP contribution in [0.5, 0.6) is 0 Å². The van der Waals surface area contributed by atoms with Crippen LogP contribution in [0.25, 0.3) is 0 Å². The fourth-order valence-electron chi connectivity index (χ4n) is 1.23. The van der Waals surface area contributed by atoms with Crippen molar-refractivity contribution in [3.05, 3.63) is 17.0 Å². The second-order valence-electron chi connectivity index (χ2n) is 3.68. The van der Waals surface area contributed by atoms with Gasteiger partial charge in [0.1, 0.15) is 4.21 Å². The minimum Gasteiger partial charge on any atom is -0.481 e. The molecule has 1 heterocycles. The lowest BCUT2D eigenvalue weighted by Gasteiger charge is -2.09. The zero-order chi connectivity index (χ0) is 15.3. The van der Waals surface area contributed by atoms with Crippen LogP contribution in [0, 0.1) is 0 Å². The minimum absolute atomic E-state index is 0.0918. The first kappa shape index (κ1) is 16.6. The quantitative estimate of drug-likeness (QED) is 0.559. The molecule has 0 saturated carbocycles. The normalized spacial score (nSPS) is 12.9. The second-order valence-corrected chi connectivity index (χ2v) is 6.84. The molecule has 20 heavy (non-hydrogen) atoms. The minimum atomic E-state index is -3.90. The molecule has 1 atom stereocenters. The molecule has 0 aliphatic carbocycles. The number of aliphatic carboxylic acids is 1. The first-order valence-corrected chi connectivity index (χ1v) is 7.62. The van der Waals surface area contributed by atoms with Crippen LogP contribution in [0.1, 0.15) is 4.88 Å². The molecule has 3 N–H and O–H groups in total. The summed E-state index contributed by atoms with van der Waals surface area (Å²) in [6, 6.07) is 2.65. The summed E-state index contributed by atoms with van der Waals surface area (Å²) < 4.78 is 29.9. The highest BCUT2D eigenvalue weighted by molar-refractivity contribution is 7.91. The Bertz CT molecular complexity index is 593. The molecule has 1 unspecified atom stereocenters. The average Bonchev–Trinajstić information content (AvgIpc) is 2.83. The molecule has 0 aliphatic rings. The number of carboxylic acid groups (broad SMARTS) is 1. The standard InChI is InChI=1S/C10H13NO7S2/c1-18-10(15)7(12)5-11-20(16,17)9-3-2-6(19-9)4-8(13)14/h2-3,7,11-12H,4-5H2,1H3,(H,13,14). The van der Waals surface area contributed by atoms with Crippen molar-refractivity contribution >= 4 is 33.3 Å². The number of methoxy groups -OCH3 is 1. The highest BCUT2D eigenvalue weighted by Gasteiger charge is 2.22. The zero-order valence-corrected chi connectivity index (χ0v) is 12.0. The number of thiophene rings is 1. The van der Waals surface area contributed by atoms with Crippen molar-refractivity contribution in [3.8, 4) is 0 Å². The highest BCUT2D eigenvalue weighted by Crippen LogP contribution is 2.21. The number of nitrogens with one attached hydrogen (secondary N) is 1. The number of carboxylic acids is 1. The summed E-state index contributed by atoms with van der Waals surface area (Å²) >= 11 is 0.805. The van der Waals surface area contributed by atoms with E-state index >= 15 is 0 Å². The molecule has 0 radical (unpaired) electrons. The summed E-state index contributed by atoms with van der Waals surface area (Å²) in [5, 5.41) is 17.9. The number of ether oxygens (including phenoxy) is 1. The van der Waals surface area contributed by atoms with E-state index in [9.17, 15) is 23.1 Å². The maximum atomic E-state index is 11.8. The van der Waals surface area contributed by atoms with Gasteiger partial charge in [0, 0.05) is 11.4 Å². The summed E-state index contributed by atoms with van der Waals surface area (Å²) in [5.74, 6) is -2.02. The molecule has 112 valence electrons. The van der Waals surface area contributed by atoms with Crippen LogP contribution < -0.4 is 4.72 Å². The molecule has 1 aromatic rings. The van der Waals surface area contributed by atoms with E-state index in [-0.39, 0.29) is 10.6 Å². The average molecular weight is 323 g/mol. The van der Waals surface area contributed by atoms with Crippen LogP contribution in [0.2, 0.25) is 0 Å². The highest BCUT2D eigenvalue weighted by atomic mass is 32.2. The van der Waals surface area contributed by atoms with Crippen LogP contribution in [-0.2, 0) is 30.8 Å². The number of rotatable bonds is 7. The Morgan fingerprint density at radius 3 is 2.65 bits per heavy atom. The molecular weight excluding hydrogens is 310 g/mol. The molecule has 0 saturated heterocycles. The Balaban J connectivity index is 2.71. The van der Waals surface area contributed by atoms with Gasteiger partial charge in [0.05, 0.1) is 13.5 Å². The number of hydrogen-bond donors (Lipinski definition) is 3. The number of aliphatic hydroxyl groups is 1. The van der Waals surface area contributed by atoms with Gasteiger partial charge in [-0.15, -0.1) is 11.3 Å². The first-order valence-electron chi connectivity index (χ1n) is 5.32. The third-order valence-corrected chi connectivity index (χ3v) is 5.17. The third-order valence-electron chi connectivity index (χ3n) is 2.17. The van der Waals surface area contributed by atoms with E-state index in [0.29, 0.717) is 4.88 Å². The zero-order valence-electron chi connectivity index (χ0n) is 10.4. The Hall–Kier alpha value is -1.49. The molecule has 0 amide bonds. The summed E-state index contributed by atoms with van der Waals surface area (Å²) in [5.41, 5.74) is 0. The van der Waals surface area contributed by atoms with E-state index in [1.807, 2.05) is 4.72 Å². The van der Waals surface area contributed by atoms with Gasteiger partial charge in [-0.05, 0) is 12.1 Å². The van der Waals surface area contributed by atoms with Crippen molar-refractivity contribution in [2.45, 2.75) is 16.7 Å². The second kappa shape index (κ2) is 6.79. The lowest BCUT2D eigenvalue weighted by Crippen LogP contribution is -2.36. The van der Waals surface area contributed by atoms with Gasteiger partial charge in [-0.1, -0.05) is 0 Å². The van der Waals surface area contributed by atoms with Gasteiger partial charge in [-0.25, -0.2) is 17.9 Å². The van der Waals surface area contributed by atoms with E-state index in [4.69, 9.17) is 5.11 Å². The van der Waals surface area contributed by atoms with Crippen molar-refractivity contribution in [1.82, 2.24) is 4.72 Å². The van der Waals surface area contributed by atoms with Gasteiger partial charge in [0.15, 0.2) is 6.10 Å². The predicted molar refractivity (Wildman–Crippen MR) is 68.9 cm³/mol. The summed E-state index contributed by atoms with van der Waals surface area (Å²) in [6.07, 6.45) is -1.88. The summed E-state index contributed by atoms with van der Waals surface area (Å²) in [7, 11) is -2.84. The largest absolute Gasteiger partial charge is 0.481 e. The van der Waals surface area contributed by atoms with Gasteiger partial charge < -0.3 is 14.9 Å². The van der Waals surface area contributed by atoms with Crippen LogP contribution in [0.4, 0.5) is 0 Å². The van der Waals surface area contributed by atoms with Crippen LogP contribution in [0.15, 0.2) is 16.3 Å². The number of sulfonamides is 1. The SMILES string of the molecule is COC(=O)C(O)CNS(=O)(=O)c1ccc(CC(=O)O)s1. The molecule has 0 spiro atoms. The Morgan fingerprint density at radius 2 is 2.10 bits per heavy atom. The van der Waals surface area contributed by atoms with Crippen molar-refractivity contribution in [2.75, 3.05) is 13.7 Å². The monoisotopic (exact) mass is 323 g/mol. The molecule has 0 fully saturated rings. The van der Waals surface area contributed by atoms with E-state index in [2.05, 4.69) is 4.74 Å².